The summed E-state index contributed by atoms with van der Waals surface area (Å²) >= 11 is 5.63. The quantitative estimate of drug-likeness (QED) is 0.463. The molecular formula is C25H28ClF4N3O6. The third kappa shape index (κ3) is 8.77. The highest BCUT2D eigenvalue weighted by atomic mass is 35.5. The van der Waals surface area contributed by atoms with E-state index in [-0.39, 0.29) is 36.0 Å². The van der Waals surface area contributed by atoms with Crippen molar-refractivity contribution in [2.24, 2.45) is 0 Å². The van der Waals surface area contributed by atoms with Gasteiger partial charge in [-0.1, -0.05) is 11.6 Å². The molecule has 9 nitrogen and oxygen atoms in total. The Morgan fingerprint density at radius 2 is 1.85 bits per heavy atom. The maximum atomic E-state index is 13.6. The van der Waals surface area contributed by atoms with E-state index in [2.05, 4.69) is 10.6 Å². The van der Waals surface area contributed by atoms with Crippen LogP contribution in [-0.4, -0.2) is 53.6 Å². The van der Waals surface area contributed by atoms with E-state index in [0.717, 1.165) is 23.1 Å². The van der Waals surface area contributed by atoms with Crippen LogP contribution in [0.3, 0.4) is 0 Å². The van der Waals surface area contributed by atoms with E-state index in [1.54, 1.807) is 20.8 Å². The third-order valence-corrected chi connectivity index (χ3v) is 5.82. The van der Waals surface area contributed by atoms with Crippen molar-refractivity contribution >= 4 is 29.5 Å². The van der Waals surface area contributed by atoms with Gasteiger partial charge in [0.2, 0.25) is 11.7 Å². The Bertz CT molecular complexity index is 1200. The van der Waals surface area contributed by atoms with Gasteiger partial charge in [-0.25, -0.2) is 9.18 Å². The molecule has 2 atom stereocenters. The number of hydrogen-bond donors (Lipinski definition) is 2. The number of nitrogens with zero attached hydrogens (tertiary/aromatic N) is 1. The summed E-state index contributed by atoms with van der Waals surface area (Å²) in [4.78, 5) is 39.4. The van der Waals surface area contributed by atoms with E-state index in [4.69, 9.17) is 25.5 Å². The van der Waals surface area contributed by atoms with Gasteiger partial charge in [-0.3, -0.25) is 14.5 Å². The summed E-state index contributed by atoms with van der Waals surface area (Å²) in [5.74, 6) is -3.07. The molecule has 0 bridgehead atoms. The number of rotatable bonds is 7. The number of nitrogens with one attached hydrogen (secondary N) is 2. The van der Waals surface area contributed by atoms with Gasteiger partial charge in [0.15, 0.2) is 6.61 Å². The van der Waals surface area contributed by atoms with E-state index in [1.165, 1.54) is 12.1 Å². The number of benzene rings is 1. The first kappa shape index (κ1) is 30.1. The van der Waals surface area contributed by atoms with Gasteiger partial charge < -0.3 is 24.5 Å². The molecule has 39 heavy (non-hydrogen) atoms. The number of ether oxygens (including phenoxy) is 2. The Morgan fingerprint density at radius 1 is 1.13 bits per heavy atom. The van der Waals surface area contributed by atoms with E-state index < -0.39 is 60.0 Å². The van der Waals surface area contributed by atoms with Crippen LogP contribution in [0.15, 0.2) is 34.7 Å². The van der Waals surface area contributed by atoms with E-state index in [1.807, 2.05) is 0 Å². The van der Waals surface area contributed by atoms with Gasteiger partial charge in [0.1, 0.15) is 29.0 Å². The summed E-state index contributed by atoms with van der Waals surface area (Å²) in [6.07, 6.45) is -5.02. The number of hydrogen-bond acceptors (Lipinski definition) is 6. The molecule has 2 N–H and O–H groups in total. The summed E-state index contributed by atoms with van der Waals surface area (Å²) in [5, 5.41) is 5.10. The number of carbonyl (C=O) groups is 3. The number of carbonyl (C=O) groups excluding carboxylic acids is 3. The van der Waals surface area contributed by atoms with Gasteiger partial charge in [0, 0.05) is 18.7 Å². The molecule has 14 heteroatoms. The molecule has 214 valence electrons. The van der Waals surface area contributed by atoms with Crippen molar-refractivity contribution in [3.8, 4) is 5.75 Å². The van der Waals surface area contributed by atoms with Gasteiger partial charge in [-0.2, -0.15) is 13.2 Å². The average Bonchev–Trinajstić information content (AvgIpc) is 3.32. The Kier molecular flexibility index (Phi) is 9.36. The highest BCUT2D eigenvalue weighted by molar-refractivity contribution is 6.30. The third-order valence-electron chi connectivity index (χ3n) is 5.52. The highest BCUT2D eigenvalue weighted by Crippen LogP contribution is 2.30. The average molecular weight is 578 g/mol. The molecule has 1 aromatic heterocycles. The fourth-order valence-corrected chi connectivity index (χ4v) is 3.90. The van der Waals surface area contributed by atoms with Crippen molar-refractivity contribution in [2.45, 2.75) is 64.0 Å². The zero-order valence-electron chi connectivity index (χ0n) is 21.4. The van der Waals surface area contributed by atoms with E-state index in [9.17, 15) is 31.9 Å². The number of amides is 3. The predicted molar refractivity (Wildman–Crippen MR) is 130 cm³/mol. The van der Waals surface area contributed by atoms with E-state index in [0.29, 0.717) is 6.42 Å². The smallest absolute Gasteiger partial charge is 0.449 e. The Hall–Kier alpha value is -3.48. The number of halogens is 5. The first-order valence-electron chi connectivity index (χ1n) is 11.9. The number of likely N-dealkylation sites (tertiary alicyclic amines) is 1. The summed E-state index contributed by atoms with van der Waals surface area (Å²) < 4.78 is 67.3. The summed E-state index contributed by atoms with van der Waals surface area (Å²) in [7, 11) is 0. The molecule has 1 fully saturated rings. The van der Waals surface area contributed by atoms with Crippen LogP contribution < -0.4 is 15.4 Å². The van der Waals surface area contributed by atoms with Crippen LogP contribution in [0.5, 0.6) is 5.75 Å². The van der Waals surface area contributed by atoms with Crippen LogP contribution >= 0.6 is 11.6 Å². The fraction of sp³-hybridized carbons (Fsp3) is 0.480. The fourth-order valence-electron chi connectivity index (χ4n) is 3.79. The molecule has 1 unspecified atom stereocenters. The summed E-state index contributed by atoms with van der Waals surface area (Å²) in [6.45, 7) is 4.11. The zero-order valence-corrected chi connectivity index (χ0v) is 22.1. The van der Waals surface area contributed by atoms with Crippen LogP contribution in [0.25, 0.3) is 0 Å². The van der Waals surface area contributed by atoms with Crippen LogP contribution in [0.1, 0.15) is 45.1 Å². The van der Waals surface area contributed by atoms with Gasteiger partial charge in [0.05, 0.1) is 11.6 Å². The highest BCUT2D eigenvalue weighted by Gasteiger charge is 2.39. The normalized spacial score (nSPS) is 17.9. The Balaban J connectivity index is 1.61. The number of piperidine rings is 1. The van der Waals surface area contributed by atoms with Crippen molar-refractivity contribution in [1.29, 1.82) is 0 Å². The number of alkyl halides is 3. The molecule has 1 aliphatic rings. The molecule has 3 amide bonds. The SMILES string of the molecule is CC(C)(C)OC(=O)N1CC(NC(=O)COc2ccc(Cl)c(F)c2)CC[C@H]1C(=O)NCc1ccc(C(F)(F)F)o1. The second-order valence-corrected chi connectivity index (χ2v) is 10.2. The molecule has 1 aliphatic heterocycles. The van der Waals surface area contributed by atoms with Gasteiger partial charge in [-0.15, -0.1) is 0 Å². The second kappa shape index (κ2) is 12.1. The minimum absolute atomic E-state index is 0.0761. The maximum Gasteiger partial charge on any atom is 0.449 e. The Morgan fingerprint density at radius 3 is 2.46 bits per heavy atom. The first-order chi connectivity index (χ1) is 18.1. The van der Waals surface area contributed by atoms with Crippen molar-refractivity contribution in [3.05, 3.63) is 52.7 Å². The molecule has 1 aromatic carbocycles. The standard InChI is InChI=1S/C25H28ClF4N3O6/c1-24(2,3)39-23(36)33-12-14(32-21(34)13-37-15-5-7-17(26)18(27)10-15)4-8-19(33)22(35)31-11-16-6-9-20(38-16)25(28,29)30/h5-7,9-10,14,19H,4,8,11-13H2,1-3H3,(H,31,35)(H,32,34)/t14?,19-/m0/s1. The van der Waals surface area contributed by atoms with Crippen LogP contribution in [0, 0.1) is 5.82 Å². The van der Waals surface area contributed by atoms with Crippen LogP contribution in [-0.2, 0) is 27.0 Å². The van der Waals surface area contributed by atoms with Crippen molar-refractivity contribution in [2.75, 3.05) is 13.2 Å². The molecule has 2 aromatic rings. The lowest BCUT2D eigenvalue weighted by Gasteiger charge is -2.39. The van der Waals surface area contributed by atoms with Gasteiger partial charge in [-0.05, 0) is 57.9 Å². The van der Waals surface area contributed by atoms with Crippen molar-refractivity contribution < 1.29 is 45.8 Å². The van der Waals surface area contributed by atoms with Gasteiger partial charge >= 0.3 is 12.3 Å². The van der Waals surface area contributed by atoms with Crippen LogP contribution in [0.4, 0.5) is 22.4 Å². The topological polar surface area (TPSA) is 110 Å². The second-order valence-electron chi connectivity index (χ2n) is 9.84. The van der Waals surface area contributed by atoms with Crippen LogP contribution in [0.2, 0.25) is 5.02 Å². The van der Waals surface area contributed by atoms with E-state index >= 15 is 0 Å². The molecular weight excluding hydrogens is 550 g/mol. The Labute approximate surface area is 226 Å². The minimum Gasteiger partial charge on any atom is -0.484 e. The maximum absolute atomic E-state index is 13.6. The predicted octanol–water partition coefficient (Wildman–Crippen LogP) is 4.67. The molecule has 0 radical (unpaired) electrons. The lowest BCUT2D eigenvalue weighted by Crippen LogP contribution is -2.59. The lowest BCUT2D eigenvalue weighted by molar-refractivity contribution is -0.153. The van der Waals surface area contributed by atoms with Crippen molar-refractivity contribution in [1.82, 2.24) is 15.5 Å². The molecule has 3 rings (SSSR count). The molecule has 1 saturated heterocycles. The number of furan rings is 1. The van der Waals surface area contributed by atoms with Crippen molar-refractivity contribution in [3.63, 3.8) is 0 Å². The monoisotopic (exact) mass is 577 g/mol. The minimum atomic E-state index is -4.66. The molecule has 0 aliphatic carbocycles. The molecule has 0 spiro atoms. The summed E-state index contributed by atoms with van der Waals surface area (Å²) in [5.41, 5.74) is -0.877. The molecule has 0 saturated carbocycles. The largest absolute Gasteiger partial charge is 0.484 e. The zero-order chi connectivity index (χ0) is 29.0. The van der Waals surface area contributed by atoms with Gasteiger partial charge in [0.25, 0.3) is 5.91 Å². The molecule has 2 heterocycles. The summed E-state index contributed by atoms with van der Waals surface area (Å²) in [6, 6.07) is 4.03. The lowest BCUT2D eigenvalue weighted by atomic mass is 9.97. The first-order valence-corrected chi connectivity index (χ1v) is 12.3.